The van der Waals surface area contributed by atoms with Gasteiger partial charge in [-0.3, -0.25) is 4.79 Å². The number of nitrogens with one attached hydrogen (secondary N) is 2. The maximum Gasteiger partial charge on any atom is 0.253 e. The molecule has 3 saturated heterocycles. The highest BCUT2D eigenvalue weighted by Gasteiger charge is 2.33. The van der Waals surface area contributed by atoms with Gasteiger partial charge in [-0.25, -0.2) is 0 Å². The van der Waals surface area contributed by atoms with E-state index < -0.39 is 0 Å². The molecular weight excluding hydrogens is 562 g/mol. The zero-order valence-electron chi connectivity index (χ0n) is 27.4. The molecule has 4 aliphatic rings. The van der Waals surface area contributed by atoms with Crippen molar-refractivity contribution in [3.05, 3.63) is 53.1 Å². The maximum absolute atomic E-state index is 13.8. The fourth-order valence-corrected chi connectivity index (χ4v) is 7.66. The number of anilines is 1. The molecule has 4 fully saturated rings. The summed E-state index contributed by atoms with van der Waals surface area (Å²) in [6.07, 6.45) is 7.49. The third-order valence-electron chi connectivity index (χ3n) is 10.5. The second-order valence-electron chi connectivity index (χ2n) is 14.6. The van der Waals surface area contributed by atoms with Gasteiger partial charge in [-0.15, -0.1) is 0 Å². The Morgan fingerprint density at radius 1 is 0.844 bits per heavy atom. The van der Waals surface area contributed by atoms with Crippen molar-refractivity contribution in [3.63, 3.8) is 0 Å². The first-order chi connectivity index (χ1) is 21.8. The number of carbonyl (C=O) groups excluding carboxylic acids is 1. The van der Waals surface area contributed by atoms with E-state index in [9.17, 15) is 10.1 Å². The van der Waals surface area contributed by atoms with Crippen molar-refractivity contribution in [2.75, 3.05) is 57.3 Å². The quantitative estimate of drug-likeness (QED) is 0.413. The first-order valence-electron chi connectivity index (χ1n) is 17.2. The number of ether oxygens (including phenoxy) is 2. The smallest absolute Gasteiger partial charge is 0.253 e. The number of piperidine rings is 1. The standard InChI is InChI=1S/C37H51N5O3/c1-37(2,3)29-7-4-27(5-8-29)34-22-28(6-9-35(34)45-32-10-13-40-25-32)36(43)42-16-11-31(12-17-42)44-33-21-26(24-38)20-30(23-33)41-18-14-39-15-19-41/h6,9,20-23,27,29,31-32,39-40H,4-5,7-8,10-19,25H2,1-3H3/t27?,29?,32-/m0/s1. The molecule has 0 bridgehead atoms. The summed E-state index contributed by atoms with van der Waals surface area (Å²) in [6.45, 7) is 14.0. The molecule has 2 N–H and O–H groups in total. The lowest BCUT2D eigenvalue weighted by Crippen LogP contribution is -2.43. The number of hydrogen-bond donors (Lipinski definition) is 2. The second-order valence-corrected chi connectivity index (χ2v) is 14.6. The van der Waals surface area contributed by atoms with Crippen LogP contribution in [0.1, 0.15) is 93.1 Å². The van der Waals surface area contributed by atoms with Crippen LogP contribution in [-0.4, -0.2) is 75.4 Å². The van der Waals surface area contributed by atoms with Crippen molar-refractivity contribution < 1.29 is 14.3 Å². The van der Waals surface area contributed by atoms with Crippen LogP contribution in [0.5, 0.6) is 11.5 Å². The average molecular weight is 614 g/mol. The van der Waals surface area contributed by atoms with E-state index in [-0.39, 0.29) is 18.1 Å². The number of likely N-dealkylation sites (tertiary alicyclic amines) is 1. The molecule has 3 heterocycles. The monoisotopic (exact) mass is 613 g/mol. The Kier molecular flexibility index (Phi) is 9.87. The fourth-order valence-electron chi connectivity index (χ4n) is 7.66. The van der Waals surface area contributed by atoms with Gasteiger partial charge in [0.1, 0.15) is 23.7 Å². The first-order valence-corrected chi connectivity index (χ1v) is 17.2. The average Bonchev–Trinajstić information content (AvgIpc) is 3.58. The first kappa shape index (κ1) is 31.7. The Hall–Kier alpha value is -3.28. The number of nitriles is 1. The van der Waals surface area contributed by atoms with Gasteiger partial charge in [0.25, 0.3) is 5.91 Å². The molecule has 0 spiro atoms. The van der Waals surface area contributed by atoms with Crippen LogP contribution in [0.2, 0.25) is 0 Å². The lowest BCUT2D eigenvalue weighted by molar-refractivity contribution is 0.0595. The number of hydrogen-bond acceptors (Lipinski definition) is 7. The third-order valence-corrected chi connectivity index (χ3v) is 10.5. The van der Waals surface area contributed by atoms with Gasteiger partial charge in [0.15, 0.2) is 0 Å². The number of benzene rings is 2. The Bertz CT molecular complexity index is 1350. The zero-order chi connectivity index (χ0) is 31.4. The van der Waals surface area contributed by atoms with E-state index in [4.69, 9.17) is 9.47 Å². The molecule has 2 aromatic rings. The van der Waals surface area contributed by atoms with Crippen molar-refractivity contribution in [2.45, 2.75) is 83.8 Å². The van der Waals surface area contributed by atoms with Gasteiger partial charge in [0.05, 0.1) is 11.6 Å². The molecular formula is C37H51N5O3. The number of amides is 1. The molecule has 0 unspecified atom stereocenters. The molecule has 8 nitrogen and oxygen atoms in total. The topological polar surface area (TPSA) is 89.9 Å². The van der Waals surface area contributed by atoms with Crippen molar-refractivity contribution in [1.82, 2.24) is 15.5 Å². The number of nitrogens with zero attached hydrogens (tertiary/aromatic N) is 3. The molecule has 2 aromatic carbocycles. The summed E-state index contributed by atoms with van der Waals surface area (Å²) >= 11 is 0. The Balaban J connectivity index is 1.11. The van der Waals surface area contributed by atoms with Crippen LogP contribution in [0.4, 0.5) is 5.69 Å². The summed E-state index contributed by atoms with van der Waals surface area (Å²) < 4.78 is 13.0. The van der Waals surface area contributed by atoms with Crippen molar-refractivity contribution >= 4 is 11.6 Å². The maximum atomic E-state index is 13.8. The number of carbonyl (C=O) groups is 1. The summed E-state index contributed by atoms with van der Waals surface area (Å²) in [6, 6.07) is 14.3. The largest absolute Gasteiger partial charge is 0.490 e. The summed E-state index contributed by atoms with van der Waals surface area (Å²) in [5, 5.41) is 16.4. The molecule has 8 heteroatoms. The minimum absolute atomic E-state index is 0.0169. The predicted molar refractivity (Wildman–Crippen MR) is 178 cm³/mol. The highest BCUT2D eigenvalue weighted by molar-refractivity contribution is 5.94. The van der Waals surface area contributed by atoms with Crippen LogP contribution in [0.15, 0.2) is 36.4 Å². The molecule has 3 aliphatic heterocycles. The van der Waals surface area contributed by atoms with Crippen LogP contribution in [0, 0.1) is 22.7 Å². The molecule has 0 radical (unpaired) electrons. The van der Waals surface area contributed by atoms with Crippen LogP contribution in [-0.2, 0) is 0 Å². The van der Waals surface area contributed by atoms with E-state index in [0.717, 1.165) is 100 Å². The molecule has 1 aliphatic carbocycles. The fraction of sp³-hybridized carbons (Fsp3) is 0.622. The van der Waals surface area contributed by atoms with Gasteiger partial charge < -0.3 is 29.9 Å². The molecule has 0 aromatic heterocycles. The SMILES string of the molecule is CC(C)(C)C1CCC(c2cc(C(=O)N3CCC(Oc4cc(C#N)cc(N5CCNCC5)c4)CC3)ccc2O[C@H]2CCNC2)CC1. The molecule has 1 saturated carbocycles. The normalized spacial score (nSPS) is 24.7. The minimum atomic E-state index is 0.0169. The summed E-state index contributed by atoms with van der Waals surface area (Å²) in [5.41, 5.74) is 3.97. The van der Waals surface area contributed by atoms with E-state index in [0.29, 0.717) is 30.0 Å². The van der Waals surface area contributed by atoms with E-state index in [1.165, 1.54) is 18.4 Å². The molecule has 242 valence electrons. The Morgan fingerprint density at radius 2 is 1.60 bits per heavy atom. The lowest BCUT2D eigenvalue weighted by atomic mass is 9.68. The van der Waals surface area contributed by atoms with E-state index in [2.05, 4.69) is 60.6 Å². The van der Waals surface area contributed by atoms with Gasteiger partial charge in [-0.1, -0.05) is 20.8 Å². The number of piperazine rings is 1. The second kappa shape index (κ2) is 14.0. The summed E-state index contributed by atoms with van der Waals surface area (Å²) in [4.78, 5) is 18.1. The molecule has 6 rings (SSSR count). The van der Waals surface area contributed by atoms with E-state index in [1.807, 2.05) is 23.1 Å². The Labute approximate surface area is 269 Å². The zero-order valence-corrected chi connectivity index (χ0v) is 27.4. The van der Waals surface area contributed by atoms with Crippen LogP contribution in [0.25, 0.3) is 0 Å². The van der Waals surface area contributed by atoms with Gasteiger partial charge >= 0.3 is 0 Å². The Morgan fingerprint density at radius 3 is 2.27 bits per heavy atom. The van der Waals surface area contributed by atoms with Crippen LogP contribution < -0.4 is 25.0 Å². The van der Waals surface area contributed by atoms with Crippen molar-refractivity contribution in [2.24, 2.45) is 11.3 Å². The van der Waals surface area contributed by atoms with E-state index in [1.54, 1.807) is 0 Å². The van der Waals surface area contributed by atoms with Gasteiger partial charge in [0, 0.05) is 76.0 Å². The van der Waals surface area contributed by atoms with Crippen molar-refractivity contribution in [1.29, 1.82) is 5.26 Å². The van der Waals surface area contributed by atoms with Gasteiger partial charge in [-0.05, 0) is 91.8 Å². The van der Waals surface area contributed by atoms with E-state index >= 15 is 0 Å². The van der Waals surface area contributed by atoms with Crippen molar-refractivity contribution in [3.8, 4) is 17.6 Å². The van der Waals surface area contributed by atoms with Crippen LogP contribution >= 0.6 is 0 Å². The predicted octanol–water partition coefficient (Wildman–Crippen LogP) is 5.71. The van der Waals surface area contributed by atoms with Gasteiger partial charge in [0.2, 0.25) is 0 Å². The number of rotatable bonds is 7. The summed E-state index contributed by atoms with van der Waals surface area (Å²) in [7, 11) is 0. The third kappa shape index (κ3) is 7.76. The van der Waals surface area contributed by atoms with Gasteiger partial charge in [-0.2, -0.15) is 5.26 Å². The summed E-state index contributed by atoms with van der Waals surface area (Å²) in [5.74, 6) is 2.97. The molecule has 1 atom stereocenters. The highest BCUT2D eigenvalue weighted by Crippen LogP contribution is 2.45. The molecule has 1 amide bonds. The lowest BCUT2D eigenvalue weighted by Gasteiger charge is -2.37. The molecule has 45 heavy (non-hydrogen) atoms. The van der Waals surface area contributed by atoms with Crippen LogP contribution in [0.3, 0.4) is 0 Å². The highest BCUT2D eigenvalue weighted by atomic mass is 16.5. The minimum Gasteiger partial charge on any atom is -0.490 e.